The number of ether oxygens (including phenoxy) is 1. The van der Waals surface area contributed by atoms with Gasteiger partial charge in [0.05, 0.1) is 22.4 Å². The first-order valence-electron chi connectivity index (χ1n) is 9.07. The van der Waals surface area contributed by atoms with E-state index in [0.717, 1.165) is 0 Å². The van der Waals surface area contributed by atoms with Crippen LogP contribution in [0.25, 0.3) is 0 Å². The number of nitrogens with zero attached hydrogens (tertiary/aromatic N) is 1. The van der Waals surface area contributed by atoms with Gasteiger partial charge in [-0.25, -0.2) is 9.18 Å². The van der Waals surface area contributed by atoms with Gasteiger partial charge in [0.2, 0.25) is 0 Å². The predicted molar refractivity (Wildman–Crippen MR) is 102 cm³/mol. The minimum Gasteiger partial charge on any atom is -0.452 e. The van der Waals surface area contributed by atoms with Crippen molar-refractivity contribution in [3.05, 3.63) is 65.0 Å². The highest BCUT2D eigenvalue weighted by atomic mass is 19.1. The Morgan fingerprint density at radius 3 is 2.48 bits per heavy atom. The molecular weight excluding hydrogens is 379 g/mol. The van der Waals surface area contributed by atoms with Crippen molar-refractivity contribution < 1.29 is 28.3 Å². The third-order valence-electron chi connectivity index (χ3n) is 4.67. The molecule has 0 fully saturated rings. The zero-order chi connectivity index (χ0) is 21.1. The van der Waals surface area contributed by atoms with Crippen molar-refractivity contribution in [2.24, 2.45) is 0 Å². The van der Waals surface area contributed by atoms with Crippen molar-refractivity contribution in [2.75, 3.05) is 11.9 Å². The fourth-order valence-electron chi connectivity index (χ4n) is 2.93. The quantitative estimate of drug-likeness (QED) is 0.596. The van der Waals surface area contributed by atoms with Gasteiger partial charge in [-0.15, -0.1) is 0 Å². The van der Waals surface area contributed by atoms with Gasteiger partial charge in [0.15, 0.2) is 6.61 Å². The zero-order valence-electron chi connectivity index (χ0n) is 15.9. The molecule has 150 valence electrons. The fourth-order valence-corrected chi connectivity index (χ4v) is 2.93. The first-order chi connectivity index (χ1) is 13.8. The van der Waals surface area contributed by atoms with E-state index in [1.54, 1.807) is 13.0 Å². The van der Waals surface area contributed by atoms with E-state index in [1.165, 1.54) is 41.3 Å². The molecule has 1 aliphatic heterocycles. The van der Waals surface area contributed by atoms with Crippen LogP contribution in [0.5, 0.6) is 0 Å². The van der Waals surface area contributed by atoms with Crippen LogP contribution in [0.15, 0.2) is 42.5 Å². The van der Waals surface area contributed by atoms with E-state index in [4.69, 9.17) is 4.74 Å². The van der Waals surface area contributed by atoms with Crippen molar-refractivity contribution in [1.82, 2.24) is 4.90 Å². The number of carbonyl (C=O) groups excluding carboxylic acids is 4. The Morgan fingerprint density at radius 1 is 1.10 bits per heavy atom. The number of halogens is 1. The summed E-state index contributed by atoms with van der Waals surface area (Å²) in [7, 11) is 0. The zero-order valence-corrected chi connectivity index (χ0v) is 15.9. The van der Waals surface area contributed by atoms with E-state index in [-0.39, 0.29) is 28.4 Å². The van der Waals surface area contributed by atoms with Crippen LogP contribution < -0.4 is 5.32 Å². The number of fused-ring (bicyclic) bond motifs is 1. The Kier molecular flexibility index (Phi) is 5.72. The van der Waals surface area contributed by atoms with Crippen molar-refractivity contribution >= 4 is 29.4 Å². The van der Waals surface area contributed by atoms with Gasteiger partial charge in [0, 0.05) is 6.04 Å². The molecule has 8 heteroatoms. The number of amides is 3. The number of imide groups is 1. The number of carbonyl (C=O) groups is 4. The van der Waals surface area contributed by atoms with Crippen LogP contribution in [-0.4, -0.2) is 41.2 Å². The summed E-state index contributed by atoms with van der Waals surface area (Å²) in [4.78, 5) is 50.2. The second-order valence-electron chi connectivity index (χ2n) is 6.60. The average Bonchev–Trinajstić information content (AvgIpc) is 2.97. The molecule has 0 aliphatic carbocycles. The lowest BCUT2D eigenvalue weighted by molar-refractivity contribution is -0.119. The lowest BCUT2D eigenvalue weighted by Crippen LogP contribution is -2.37. The van der Waals surface area contributed by atoms with Crippen LogP contribution >= 0.6 is 0 Å². The number of para-hydroxylation sites is 1. The third kappa shape index (κ3) is 4.01. The molecule has 0 spiro atoms. The lowest BCUT2D eigenvalue weighted by Gasteiger charge is -2.20. The summed E-state index contributed by atoms with van der Waals surface area (Å²) in [6, 6.07) is 9.38. The summed E-state index contributed by atoms with van der Waals surface area (Å²) in [5, 5.41) is 2.30. The molecule has 0 radical (unpaired) electrons. The molecule has 0 unspecified atom stereocenters. The molecule has 7 nitrogen and oxygen atoms in total. The van der Waals surface area contributed by atoms with Gasteiger partial charge in [0.25, 0.3) is 17.7 Å². The summed E-state index contributed by atoms with van der Waals surface area (Å²) >= 11 is 0. The highest BCUT2D eigenvalue weighted by Gasteiger charge is 2.38. The van der Waals surface area contributed by atoms with Crippen molar-refractivity contribution in [1.29, 1.82) is 0 Å². The van der Waals surface area contributed by atoms with Crippen LogP contribution in [0.1, 0.15) is 51.3 Å². The molecule has 2 aromatic rings. The number of hydrogen-bond acceptors (Lipinski definition) is 5. The molecule has 1 aliphatic rings. The third-order valence-corrected chi connectivity index (χ3v) is 4.67. The topological polar surface area (TPSA) is 92.8 Å². The van der Waals surface area contributed by atoms with E-state index in [0.29, 0.717) is 6.42 Å². The molecule has 3 amide bonds. The van der Waals surface area contributed by atoms with Crippen LogP contribution in [0.4, 0.5) is 10.1 Å². The van der Waals surface area contributed by atoms with E-state index >= 15 is 0 Å². The van der Waals surface area contributed by atoms with Crippen molar-refractivity contribution in [3.63, 3.8) is 0 Å². The Labute approximate surface area is 166 Å². The van der Waals surface area contributed by atoms with Gasteiger partial charge < -0.3 is 10.1 Å². The van der Waals surface area contributed by atoms with Crippen LogP contribution in [0.2, 0.25) is 0 Å². The monoisotopic (exact) mass is 398 g/mol. The highest BCUT2D eigenvalue weighted by Crippen LogP contribution is 2.26. The van der Waals surface area contributed by atoms with Crippen LogP contribution in [0, 0.1) is 5.82 Å². The molecule has 0 saturated heterocycles. The van der Waals surface area contributed by atoms with Gasteiger partial charge in [-0.1, -0.05) is 19.1 Å². The Hall–Kier alpha value is -3.55. The molecule has 1 N–H and O–H groups in total. The fraction of sp³-hybridized carbons (Fsp3) is 0.238. The number of esters is 1. The summed E-state index contributed by atoms with van der Waals surface area (Å²) in [6.07, 6.45) is 0.609. The second kappa shape index (κ2) is 8.22. The normalized spacial score (nSPS) is 13.8. The highest BCUT2D eigenvalue weighted by molar-refractivity contribution is 6.22. The predicted octanol–water partition coefficient (Wildman–Crippen LogP) is 3.02. The molecule has 0 aromatic heterocycles. The minimum atomic E-state index is -0.835. The number of hydrogen-bond donors (Lipinski definition) is 1. The van der Waals surface area contributed by atoms with Crippen LogP contribution in [-0.2, 0) is 9.53 Å². The first kappa shape index (κ1) is 20.2. The Morgan fingerprint density at radius 2 is 1.79 bits per heavy atom. The number of nitrogens with one attached hydrogen (secondary N) is 1. The van der Waals surface area contributed by atoms with E-state index in [1.807, 2.05) is 6.92 Å². The maximum absolute atomic E-state index is 13.5. The number of benzene rings is 2. The molecule has 0 bridgehead atoms. The van der Waals surface area contributed by atoms with E-state index in [9.17, 15) is 23.6 Å². The van der Waals surface area contributed by atoms with Gasteiger partial charge in [-0.3, -0.25) is 19.3 Å². The van der Waals surface area contributed by atoms with Gasteiger partial charge in [-0.05, 0) is 43.7 Å². The van der Waals surface area contributed by atoms with Gasteiger partial charge >= 0.3 is 5.97 Å². The van der Waals surface area contributed by atoms with Crippen LogP contribution in [0.3, 0.4) is 0 Å². The second-order valence-corrected chi connectivity index (χ2v) is 6.60. The molecule has 1 atom stereocenters. The molecule has 2 aromatic carbocycles. The summed E-state index contributed by atoms with van der Waals surface area (Å²) in [6.45, 7) is 3.00. The van der Waals surface area contributed by atoms with Gasteiger partial charge in [0.1, 0.15) is 5.82 Å². The van der Waals surface area contributed by atoms with E-state index in [2.05, 4.69) is 5.32 Å². The van der Waals surface area contributed by atoms with Crippen molar-refractivity contribution in [3.8, 4) is 0 Å². The van der Waals surface area contributed by atoms with Gasteiger partial charge in [-0.2, -0.15) is 0 Å². The lowest BCUT2D eigenvalue weighted by atomic mass is 10.1. The molecular formula is C21H19FN2O5. The number of anilines is 1. The average molecular weight is 398 g/mol. The summed E-state index contributed by atoms with van der Waals surface area (Å²) in [5.41, 5.74) is 0.361. The molecule has 0 saturated carbocycles. The molecule has 29 heavy (non-hydrogen) atoms. The Balaban J connectivity index is 1.67. The maximum Gasteiger partial charge on any atom is 0.338 e. The molecule has 3 rings (SSSR count). The van der Waals surface area contributed by atoms with Crippen molar-refractivity contribution in [2.45, 2.75) is 26.3 Å². The maximum atomic E-state index is 13.5. The smallest absolute Gasteiger partial charge is 0.338 e. The largest absolute Gasteiger partial charge is 0.452 e. The summed E-state index contributed by atoms with van der Waals surface area (Å²) < 4.78 is 18.5. The Bertz CT molecular complexity index is 1000. The minimum absolute atomic E-state index is 0.0275. The molecule has 1 heterocycles. The SMILES string of the molecule is CC[C@H](C)N1C(=O)c2ccc(C(=O)OCC(=O)Nc3ccccc3F)cc2C1=O. The summed E-state index contributed by atoms with van der Waals surface area (Å²) in [5.74, 6) is -3.02. The first-order valence-corrected chi connectivity index (χ1v) is 9.07. The van der Waals surface area contributed by atoms with E-state index < -0.39 is 36.1 Å². The standard InChI is InChI=1S/C21H19FN2O5/c1-3-12(2)24-19(26)14-9-8-13(10-15(14)20(24)27)21(28)29-11-18(25)23-17-7-5-4-6-16(17)22/h4-10,12H,3,11H2,1-2H3,(H,23,25)/t12-/m0/s1. The number of rotatable bonds is 6.